The van der Waals surface area contributed by atoms with Crippen LogP contribution < -0.4 is 4.90 Å². The molecule has 0 aliphatic rings. The second-order valence-corrected chi connectivity index (χ2v) is 5.09. The first-order valence-corrected chi connectivity index (χ1v) is 6.64. The van der Waals surface area contributed by atoms with E-state index in [-0.39, 0.29) is 5.28 Å². The van der Waals surface area contributed by atoms with Crippen molar-refractivity contribution in [1.29, 1.82) is 0 Å². The Balaban J connectivity index is 2.04. The van der Waals surface area contributed by atoms with Gasteiger partial charge >= 0.3 is 0 Å². The summed E-state index contributed by atoms with van der Waals surface area (Å²) in [6.45, 7) is 0. The van der Waals surface area contributed by atoms with Gasteiger partial charge in [0.2, 0.25) is 5.28 Å². The minimum atomic E-state index is 0.207. The van der Waals surface area contributed by atoms with Gasteiger partial charge in [-0.25, -0.2) is 4.98 Å². The Labute approximate surface area is 121 Å². The second kappa shape index (κ2) is 5.09. The number of nitrogens with one attached hydrogen (secondary N) is 1. The van der Waals surface area contributed by atoms with Gasteiger partial charge in [0.05, 0.1) is 0 Å². The summed E-state index contributed by atoms with van der Waals surface area (Å²) in [6, 6.07) is 10.2. The zero-order valence-electron chi connectivity index (χ0n) is 11.3. The van der Waals surface area contributed by atoms with E-state index < -0.39 is 0 Å². The minimum absolute atomic E-state index is 0.207. The van der Waals surface area contributed by atoms with E-state index in [0.29, 0.717) is 5.65 Å². The number of hydrogen-bond acceptors (Lipinski definition) is 4. The van der Waals surface area contributed by atoms with Crippen molar-refractivity contribution in [2.75, 3.05) is 19.0 Å². The summed E-state index contributed by atoms with van der Waals surface area (Å²) in [5, 5.41) is 0.207. The van der Waals surface area contributed by atoms with Gasteiger partial charge in [0, 0.05) is 20.5 Å². The molecule has 0 atom stereocenters. The van der Waals surface area contributed by atoms with Crippen LogP contribution in [0.2, 0.25) is 5.28 Å². The summed E-state index contributed by atoms with van der Waals surface area (Å²) in [7, 11) is 3.83. The van der Waals surface area contributed by atoms with Crippen LogP contribution >= 0.6 is 11.6 Å². The Morgan fingerprint density at radius 1 is 1.10 bits per heavy atom. The van der Waals surface area contributed by atoms with E-state index in [4.69, 9.17) is 11.6 Å². The predicted octanol–water partition coefficient (Wildman–Crippen LogP) is 2.66. The lowest BCUT2D eigenvalue weighted by Crippen LogP contribution is -2.11. The van der Waals surface area contributed by atoms with Crippen molar-refractivity contribution in [3.63, 3.8) is 0 Å². The van der Waals surface area contributed by atoms with E-state index in [1.807, 2.05) is 37.2 Å². The molecule has 0 aliphatic heterocycles. The fraction of sp³-hybridized carbons (Fsp3) is 0.214. The number of imidazole rings is 1. The first-order valence-electron chi connectivity index (χ1n) is 6.27. The molecule has 2 heterocycles. The van der Waals surface area contributed by atoms with Crippen LogP contribution in [0.15, 0.2) is 30.3 Å². The molecule has 20 heavy (non-hydrogen) atoms. The first kappa shape index (κ1) is 12.9. The monoisotopic (exact) mass is 287 g/mol. The van der Waals surface area contributed by atoms with E-state index in [9.17, 15) is 0 Å². The zero-order valence-corrected chi connectivity index (χ0v) is 12.0. The Bertz CT molecular complexity index is 736. The van der Waals surface area contributed by atoms with Crippen molar-refractivity contribution in [2.45, 2.75) is 6.42 Å². The third kappa shape index (κ3) is 2.44. The fourth-order valence-corrected chi connectivity index (χ4v) is 2.26. The molecule has 0 bridgehead atoms. The van der Waals surface area contributed by atoms with Crippen molar-refractivity contribution >= 4 is 28.6 Å². The van der Waals surface area contributed by atoms with Crippen LogP contribution in [0.25, 0.3) is 11.2 Å². The molecule has 102 valence electrons. The molecule has 0 aliphatic carbocycles. The summed E-state index contributed by atoms with van der Waals surface area (Å²) in [5.74, 6) is 1.60. The van der Waals surface area contributed by atoms with Gasteiger partial charge in [0.15, 0.2) is 11.5 Å². The number of aromatic amines is 1. The highest BCUT2D eigenvalue weighted by Gasteiger charge is 2.13. The van der Waals surface area contributed by atoms with Gasteiger partial charge in [-0.3, -0.25) is 0 Å². The molecule has 0 unspecified atom stereocenters. The molecule has 0 spiro atoms. The lowest BCUT2D eigenvalue weighted by molar-refractivity contribution is 1.03. The summed E-state index contributed by atoms with van der Waals surface area (Å²) in [4.78, 5) is 18.1. The Hall–Kier alpha value is -2.14. The predicted molar refractivity (Wildman–Crippen MR) is 80.3 cm³/mol. The number of halogens is 1. The van der Waals surface area contributed by atoms with Gasteiger partial charge in [-0.2, -0.15) is 9.97 Å². The largest absolute Gasteiger partial charge is 0.361 e. The van der Waals surface area contributed by atoms with Gasteiger partial charge in [-0.15, -0.1) is 0 Å². The van der Waals surface area contributed by atoms with E-state index in [2.05, 4.69) is 32.1 Å². The van der Waals surface area contributed by atoms with Gasteiger partial charge in [0.25, 0.3) is 0 Å². The zero-order chi connectivity index (χ0) is 14.1. The quantitative estimate of drug-likeness (QED) is 0.753. The van der Waals surface area contributed by atoms with E-state index in [1.165, 1.54) is 5.56 Å². The normalized spacial score (nSPS) is 10.9. The molecule has 6 heteroatoms. The Morgan fingerprint density at radius 3 is 2.55 bits per heavy atom. The molecule has 2 aromatic heterocycles. The number of fused-ring (bicyclic) bond motifs is 1. The molecular weight excluding hydrogens is 274 g/mol. The van der Waals surface area contributed by atoms with Crippen LogP contribution in [-0.2, 0) is 6.42 Å². The minimum Gasteiger partial charge on any atom is -0.361 e. The Morgan fingerprint density at radius 2 is 1.85 bits per heavy atom. The van der Waals surface area contributed by atoms with Crippen LogP contribution in [0.5, 0.6) is 0 Å². The lowest BCUT2D eigenvalue weighted by atomic mass is 10.1. The first-order chi connectivity index (χ1) is 9.63. The van der Waals surface area contributed by atoms with Gasteiger partial charge in [0.1, 0.15) is 11.3 Å². The van der Waals surface area contributed by atoms with Crippen LogP contribution in [0, 0.1) is 0 Å². The van der Waals surface area contributed by atoms with E-state index >= 15 is 0 Å². The van der Waals surface area contributed by atoms with E-state index in [1.54, 1.807) is 0 Å². The molecule has 0 fully saturated rings. The number of benzene rings is 1. The standard InChI is InChI=1S/C14H14ClN5/c1-20(2)13-11-12(18-14(15)19-13)17-10(16-11)8-9-6-4-3-5-7-9/h3-7H,8H2,1-2H3,(H,16,17,18,19). The SMILES string of the molecule is CN(C)c1nc(Cl)nc2nc(Cc3ccccc3)[nH]c12. The highest BCUT2D eigenvalue weighted by atomic mass is 35.5. The molecule has 0 amide bonds. The third-order valence-corrected chi connectivity index (χ3v) is 3.16. The molecule has 0 saturated carbocycles. The maximum absolute atomic E-state index is 5.93. The molecular formula is C14H14ClN5. The van der Waals surface area contributed by atoms with Gasteiger partial charge in [-0.1, -0.05) is 30.3 Å². The summed E-state index contributed by atoms with van der Waals surface area (Å²) in [6.07, 6.45) is 0.724. The maximum Gasteiger partial charge on any atom is 0.226 e. The van der Waals surface area contributed by atoms with Gasteiger partial charge in [-0.05, 0) is 17.2 Å². The van der Waals surface area contributed by atoms with Crippen molar-refractivity contribution < 1.29 is 0 Å². The van der Waals surface area contributed by atoms with Crippen LogP contribution in [0.4, 0.5) is 5.82 Å². The van der Waals surface area contributed by atoms with Crippen molar-refractivity contribution in [2.24, 2.45) is 0 Å². The molecule has 3 rings (SSSR count). The fourth-order valence-electron chi connectivity index (χ4n) is 2.10. The number of aromatic nitrogens is 4. The van der Waals surface area contributed by atoms with Crippen molar-refractivity contribution in [1.82, 2.24) is 19.9 Å². The lowest BCUT2D eigenvalue weighted by Gasteiger charge is -2.11. The smallest absolute Gasteiger partial charge is 0.226 e. The molecule has 3 aromatic rings. The molecule has 0 radical (unpaired) electrons. The highest BCUT2D eigenvalue weighted by Crippen LogP contribution is 2.22. The summed E-state index contributed by atoms with van der Waals surface area (Å²) in [5.41, 5.74) is 2.60. The average molecular weight is 288 g/mol. The number of rotatable bonds is 3. The molecule has 1 N–H and O–H groups in total. The maximum atomic E-state index is 5.93. The number of hydrogen-bond donors (Lipinski definition) is 1. The van der Waals surface area contributed by atoms with Crippen LogP contribution in [-0.4, -0.2) is 34.0 Å². The van der Waals surface area contributed by atoms with Crippen molar-refractivity contribution in [3.8, 4) is 0 Å². The van der Waals surface area contributed by atoms with E-state index in [0.717, 1.165) is 23.6 Å². The van der Waals surface area contributed by atoms with Crippen LogP contribution in [0.1, 0.15) is 11.4 Å². The molecule has 0 saturated heterocycles. The average Bonchev–Trinajstić information content (AvgIpc) is 2.80. The molecule has 1 aromatic carbocycles. The summed E-state index contributed by atoms with van der Waals surface area (Å²) < 4.78 is 0. The third-order valence-electron chi connectivity index (χ3n) is 2.99. The van der Waals surface area contributed by atoms with Crippen molar-refractivity contribution in [3.05, 3.63) is 47.0 Å². The van der Waals surface area contributed by atoms with Crippen LogP contribution in [0.3, 0.4) is 0 Å². The topological polar surface area (TPSA) is 57.7 Å². The highest BCUT2D eigenvalue weighted by molar-refractivity contribution is 6.28. The molecule has 5 nitrogen and oxygen atoms in total. The number of anilines is 1. The number of H-pyrrole nitrogens is 1. The summed E-state index contributed by atoms with van der Waals surface area (Å²) >= 11 is 5.93. The number of nitrogens with zero attached hydrogens (tertiary/aromatic N) is 4. The Kier molecular flexibility index (Phi) is 3.28. The van der Waals surface area contributed by atoms with Gasteiger partial charge < -0.3 is 9.88 Å². The second-order valence-electron chi connectivity index (χ2n) is 4.76.